The Hall–Kier alpha value is 0.448. The van der Waals surface area contributed by atoms with Crippen molar-refractivity contribution in [1.82, 2.24) is 0 Å². The zero-order valence-corrected chi connectivity index (χ0v) is 15.6. The van der Waals surface area contributed by atoms with Crippen LogP contribution in [-0.4, -0.2) is 84.1 Å². The quantitative estimate of drug-likeness (QED) is 0.244. The van der Waals surface area contributed by atoms with Gasteiger partial charge in [-0.05, 0) is 0 Å². The van der Waals surface area contributed by atoms with Gasteiger partial charge in [0.1, 0.15) is 0 Å². The summed E-state index contributed by atoms with van der Waals surface area (Å²) in [6.07, 6.45) is -5.67. The third-order valence-corrected chi connectivity index (χ3v) is 6.60. The maximum absolute atomic E-state index is 10.2. The van der Waals surface area contributed by atoms with E-state index in [1.165, 1.54) is 0 Å². The molecule has 0 bridgehead atoms. The van der Waals surface area contributed by atoms with Gasteiger partial charge in [-0.15, -0.1) is 0 Å². The van der Waals surface area contributed by atoms with Crippen LogP contribution in [0, 0.1) is 0 Å². The van der Waals surface area contributed by atoms with Gasteiger partial charge in [0, 0.05) is 0 Å². The Bertz CT molecular complexity index is 505. The molecule has 0 aliphatic carbocycles. The summed E-state index contributed by atoms with van der Waals surface area (Å²) in [4.78, 5) is 0. The van der Waals surface area contributed by atoms with Crippen molar-refractivity contribution in [3.8, 4) is 0 Å². The average Bonchev–Trinajstić information content (AvgIpc) is 2.59. The molecule has 9 nitrogen and oxygen atoms in total. The predicted octanol–water partition coefficient (Wildman–Crippen LogP) is -1.31. The topological polar surface area (TPSA) is 146 Å². The van der Waals surface area contributed by atoms with Gasteiger partial charge in [0.15, 0.2) is 0 Å². The van der Waals surface area contributed by atoms with E-state index in [1.807, 2.05) is 11.4 Å². The van der Waals surface area contributed by atoms with E-state index in [0.717, 1.165) is 0 Å². The van der Waals surface area contributed by atoms with Crippen LogP contribution in [0.25, 0.3) is 0 Å². The first-order valence-electron chi connectivity index (χ1n) is 6.34. The maximum atomic E-state index is 10.2. The minimum atomic E-state index is -4.90. The van der Waals surface area contributed by atoms with Gasteiger partial charge in [-0.25, -0.2) is 0 Å². The van der Waals surface area contributed by atoms with E-state index in [4.69, 9.17) is 19.9 Å². The SMILES string of the molecule is C[As](C)(=S)C[C@H]1O[C@@H](OCC(O)COS(=O)(=O)[O-])[C@H](O)[C@@H]1O. The van der Waals surface area contributed by atoms with E-state index in [9.17, 15) is 28.3 Å². The molecule has 1 heterocycles. The summed E-state index contributed by atoms with van der Waals surface area (Å²) in [5.74, 6) is 0. The van der Waals surface area contributed by atoms with Crippen LogP contribution in [0.3, 0.4) is 0 Å². The van der Waals surface area contributed by atoms with Gasteiger partial charge in [-0.3, -0.25) is 0 Å². The van der Waals surface area contributed by atoms with Crippen LogP contribution in [0.5, 0.6) is 0 Å². The minimum absolute atomic E-state index is 0.436. The van der Waals surface area contributed by atoms with Crippen molar-refractivity contribution in [1.29, 1.82) is 0 Å². The van der Waals surface area contributed by atoms with E-state index in [1.54, 1.807) is 0 Å². The van der Waals surface area contributed by atoms with Gasteiger partial charge >= 0.3 is 135 Å². The standard InChI is InChI=1S/C10H21AsO9S2/c1-11(2,21)3-7-8(13)9(14)10(20-7)18-4-6(12)5-19-22(15,16)17/h6-10,12-14H,3-5H2,1-2H3,(H,15,16,17)/p-1/t6?,7-,8-,9-,10-/m1/s1. The van der Waals surface area contributed by atoms with Gasteiger partial charge < -0.3 is 0 Å². The molecular weight excluding hydrogens is 403 g/mol. The molecule has 132 valence electrons. The molecule has 1 rings (SSSR count). The fourth-order valence-corrected chi connectivity index (χ4v) is 5.39. The first-order chi connectivity index (χ1) is 9.89. The molecule has 12 heteroatoms. The Morgan fingerprint density at radius 1 is 1.32 bits per heavy atom. The van der Waals surface area contributed by atoms with Crippen molar-refractivity contribution in [3.05, 3.63) is 0 Å². The molecule has 1 fully saturated rings. The molecule has 0 saturated carbocycles. The molecule has 22 heavy (non-hydrogen) atoms. The summed E-state index contributed by atoms with van der Waals surface area (Å²) < 4.78 is 45.0. The third kappa shape index (κ3) is 7.35. The molecule has 5 atom stereocenters. The van der Waals surface area contributed by atoms with Crippen molar-refractivity contribution < 1.29 is 41.9 Å². The Labute approximate surface area is 135 Å². The van der Waals surface area contributed by atoms with Crippen LogP contribution < -0.4 is 0 Å². The monoisotopic (exact) mass is 423 g/mol. The molecule has 1 aliphatic rings. The van der Waals surface area contributed by atoms with E-state index < -0.39 is 66.2 Å². The molecule has 1 unspecified atom stereocenters. The third-order valence-electron chi connectivity index (χ3n) is 2.80. The number of ether oxygens (including phenoxy) is 2. The summed E-state index contributed by atoms with van der Waals surface area (Å²) in [6.45, 7) is -1.21. The van der Waals surface area contributed by atoms with Gasteiger partial charge in [-0.2, -0.15) is 0 Å². The fourth-order valence-electron chi connectivity index (χ4n) is 1.85. The first kappa shape index (κ1) is 20.5. The van der Waals surface area contributed by atoms with Crippen molar-refractivity contribution >= 4 is 32.7 Å². The van der Waals surface area contributed by atoms with Crippen LogP contribution >= 0.6 is 10.4 Å². The summed E-state index contributed by atoms with van der Waals surface area (Å²) >= 11 is -2.27. The molecule has 3 N–H and O–H groups in total. The molecule has 0 spiro atoms. The number of hydrogen-bond donors (Lipinski definition) is 3. The second-order valence-corrected chi connectivity index (χ2v) is 19.0. The van der Waals surface area contributed by atoms with E-state index in [-0.39, 0.29) is 0 Å². The summed E-state index contributed by atoms with van der Waals surface area (Å²) in [5.41, 5.74) is 3.88. The Kier molecular flexibility index (Phi) is 7.47. The Morgan fingerprint density at radius 2 is 1.91 bits per heavy atom. The first-order valence-corrected chi connectivity index (χ1v) is 15.4. The molecule has 1 saturated heterocycles. The Morgan fingerprint density at radius 3 is 2.41 bits per heavy atom. The van der Waals surface area contributed by atoms with Gasteiger partial charge in [0.25, 0.3) is 0 Å². The van der Waals surface area contributed by atoms with Gasteiger partial charge in [0.2, 0.25) is 0 Å². The zero-order valence-electron chi connectivity index (χ0n) is 12.1. The Balaban J connectivity index is 2.45. The molecule has 0 amide bonds. The second kappa shape index (κ2) is 8.02. The molecule has 0 aromatic rings. The van der Waals surface area contributed by atoms with Crippen molar-refractivity contribution in [2.24, 2.45) is 0 Å². The van der Waals surface area contributed by atoms with Crippen molar-refractivity contribution in [2.75, 3.05) is 13.2 Å². The predicted molar refractivity (Wildman–Crippen MR) is 78.2 cm³/mol. The fraction of sp³-hybridized carbons (Fsp3) is 1.00. The van der Waals surface area contributed by atoms with Crippen molar-refractivity contribution in [3.63, 3.8) is 0 Å². The molecule has 1 aliphatic heterocycles. The average molecular weight is 423 g/mol. The second-order valence-electron chi connectivity index (χ2n) is 5.46. The molecule has 0 aromatic heterocycles. The van der Waals surface area contributed by atoms with E-state index in [0.29, 0.717) is 5.21 Å². The summed E-state index contributed by atoms with van der Waals surface area (Å²) in [7, 11) is 0.445. The number of aliphatic hydroxyl groups is 3. The van der Waals surface area contributed by atoms with Gasteiger partial charge in [0.05, 0.1) is 0 Å². The van der Waals surface area contributed by atoms with Crippen LogP contribution in [-0.2, 0) is 24.1 Å². The van der Waals surface area contributed by atoms with Crippen molar-refractivity contribution in [2.45, 2.75) is 47.3 Å². The zero-order chi connectivity index (χ0) is 17.1. The van der Waals surface area contributed by atoms with Gasteiger partial charge in [-0.1, -0.05) is 0 Å². The van der Waals surface area contributed by atoms with E-state index >= 15 is 0 Å². The molecular formula is C10H20AsO9S2-. The summed E-state index contributed by atoms with van der Waals surface area (Å²) in [5, 5.41) is 29.6. The number of hydrogen-bond acceptors (Lipinski definition) is 10. The normalized spacial score (nSPS) is 31.4. The van der Waals surface area contributed by atoms with Crippen LogP contribution in [0.15, 0.2) is 0 Å². The molecule has 0 aromatic carbocycles. The van der Waals surface area contributed by atoms with E-state index in [2.05, 4.69) is 4.18 Å². The van der Waals surface area contributed by atoms with Crippen LogP contribution in [0.4, 0.5) is 0 Å². The molecule has 0 radical (unpaired) electrons. The number of aliphatic hydroxyl groups excluding tert-OH is 3. The van der Waals surface area contributed by atoms with Crippen LogP contribution in [0.1, 0.15) is 0 Å². The van der Waals surface area contributed by atoms with Crippen LogP contribution in [0.2, 0.25) is 16.6 Å². The number of rotatable bonds is 8. The summed E-state index contributed by atoms with van der Waals surface area (Å²) in [6, 6.07) is 0.